The van der Waals surface area contributed by atoms with E-state index in [1.807, 2.05) is 23.1 Å². The van der Waals surface area contributed by atoms with Crippen LogP contribution in [0.25, 0.3) is 5.57 Å². The molecule has 6 nitrogen and oxygen atoms in total. The molecule has 1 aromatic carbocycles. The van der Waals surface area contributed by atoms with Gasteiger partial charge in [-0.3, -0.25) is 9.69 Å². The smallest absolute Gasteiger partial charge is 0.237 e. The van der Waals surface area contributed by atoms with Crippen LogP contribution in [0.1, 0.15) is 24.8 Å². The highest BCUT2D eigenvalue weighted by Gasteiger charge is 2.41. The van der Waals surface area contributed by atoms with Gasteiger partial charge in [-0.05, 0) is 42.5 Å². The molecule has 0 N–H and O–H groups in total. The molecule has 4 heterocycles. The van der Waals surface area contributed by atoms with Crippen molar-refractivity contribution in [3.05, 3.63) is 59.1 Å². The van der Waals surface area contributed by atoms with E-state index in [1.165, 1.54) is 18.0 Å². The van der Waals surface area contributed by atoms with Crippen LogP contribution in [-0.4, -0.2) is 70.5 Å². The van der Waals surface area contributed by atoms with Gasteiger partial charge in [0.25, 0.3) is 0 Å². The molecule has 8 heteroatoms. The number of piperazine rings is 1. The van der Waals surface area contributed by atoms with Crippen molar-refractivity contribution < 1.29 is 9.18 Å². The Morgan fingerprint density at radius 3 is 2.55 bits per heavy atom. The summed E-state index contributed by atoms with van der Waals surface area (Å²) in [6.45, 7) is 3.41. The van der Waals surface area contributed by atoms with E-state index in [0.717, 1.165) is 49.5 Å². The number of halogens is 2. The number of carbonyl (C=O) groups is 1. The maximum Gasteiger partial charge on any atom is 0.237 e. The fourth-order valence-electron chi connectivity index (χ4n) is 5.02. The Bertz CT molecular complexity index is 984. The minimum Gasteiger partial charge on any atom is -0.338 e. The highest BCUT2D eigenvalue weighted by atomic mass is 35.5. The number of nitrogens with zero attached hydrogens (tertiary/aromatic N) is 5. The highest BCUT2D eigenvalue weighted by Crippen LogP contribution is 2.33. The van der Waals surface area contributed by atoms with E-state index in [2.05, 4.69) is 31.9 Å². The molecule has 3 aliphatic rings. The average molecular weight is 442 g/mol. The normalized spacial score (nSPS) is 23.7. The van der Waals surface area contributed by atoms with Gasteiger partial charge in [-0.25, -0.2) is 14.4 Å². The number of rotatable bonds is 4. The second-order valence-corrected chi connectivity index (χ2v) is 8.95. The number of aromatic nitrogens is 2. The summed E-state index contributed by atoms with van der Waals surface area (Å²) in [4.78, 5) is 27.7. The third-order valence-electron chi connectivity index (χ3n) is 6.51. The molecule has 2 aromatic rings. The maximum atomic E-state index is 13.2. The van der Waals surface area contributed by atoms with Crippen LogP contribution in [0.3, 0.4) is 0 Å². The molecule has 2 saturated heterocycles. The molecule has 2 unspecified atom stereocenters. The number of benzene rings is 1. The standard InChI is InChI=1S/C23H25ClFN5O/c24-18-3-1-2-17(10-18)16-6-8-29(9-7-16)22(31)15-28-13-20-4-5-21(14-28)30(20)23-26-11-19(25)12-27-23/h1-3,6,10-12,20-21H,4-5,7-9,13-15H2. The van der Waals surface area contributed by atoms with Gasteiger partial charge in [-0.15, -0.1) is 0 Å². The summed E-state index contributed by atoms with van der Waals surface area (Å²) in [6.07, 6.45) is 7.52. The first-order valence-corrected chi connectivity index (χ1v) is 11.2. The second-order valence-electron chi connectivity index (χ2n) is 8.52. The molecular formula is C23H25ClFN5O. The van der Waals surface area contributed by atoms with Gasteiger partial charge in [-0.1, -0.05) is 29.8 Å². The molecule has 2 bridgehead atoms. The molecule has 162 valence electrons. The molecule has 2 fully saturated rings. The lowest BCUT2D eigenvalue weighted by atomic mass is 9.99. The molecule has 3 aliphatic heterocycles. The van der Waals surface area contributed by atoms with Crippen LogP contribution in [0.2, 0.25) is 5.02 Å². The number of hydrogen-bond acceptors (Lipinski definition) is 5. The summed E-state index contributed by atoms with van der Waals surface area (Å²) >= 11 is 6.11. The topological polar surface area (TPSA) is 52.6 Å². The minimum atomic E-state index is -0.422. The van der Waals surface area contributed by atoms with Crippen molar-refractivity contribution in [1.29, 1.82) is 0 Å². The molecule has 0 spiro atoms. The van der Waals surface area contributed by atoms with E-state index in [1.54, 1.807) is 0 Å². The molecule has 1 amide bonds. The Morgan fingerprint density at radius 2 is 1.90 bits per heavy atom. The van der Waals surface area contributed by atoms with E-state index in [9.17, 15) is 9.18 Å². The lowest BCUT2D eigenvalue weighted by Crippen LogP contribution is -2.56. The van der Waals surface area contributed by atoms with Gasteiger partial charge in [0, 0.05) is 43.3 Å². The second kappa shape index (κ2) is 8.55. The molecule has 0 radical (unpaired) electrons. The summed E-state index contributed by atoms with van der Waals surface area (Å²) < 4.78 is 13.2. The highest BCUT2D eigenvalue weighted by molar-refractivity contribution is 6.30. The monoisotopic (exact) mass is 441 g/mol. The van der Waals surface area contributed by atoms with Gasteiger partial charge in [0.2, 0.25) is 11.9 Å². The van der Waals surface area contributed by atoms with Crippen molar-refractivity contribution >= 4 is 29.0 Å². The first kappa shape index (κ1) is 20.4. The average Bonchev–Trinajstić information content (AvgIpc) is 3.04. The Kier molecular flexibility index (Phi) is 5.63. The number of anilines is 1. The largest absolute Gasteiger partial charge is 0.338 e. The van der Waals surface area contributed by atoms with Crippen LogP contribution >= 0.6 is 11.6 Å². The van der Waals surface area contributed by atoms with Crippen molar-refractivity contribution in [3.8, 4) is 0 Å². The molecule has 1 aromatic heterocycles. The number of amides is 1. The summed E-state index contributed by atoms with van der Waals surface area (Å²) in [5.74, 6) is 0.344. The number of fused-ring (bicyclic) bond motifs is 2. The van der Waals surface area contributed by atoms with Crippen molar-refractivity contribution in [2.75, 3.05) is 37.6 Å². The van der Waals surface area contributed by atoms with Gasteiger partial charge in [-0.2, -0.15) is 0 Å². The first-order valence-electron chi connectivity index (χ1n) is 10.8. The predicted molar refractivity (Wildman–Crippen MR) is 118 cm³/mol. The van der Waals surface area contributed by atoms with Crippen LogP contribution in [0.15, 0.2) is 42.7 Å². The first-order chi connectivity index (χ1) is 15.1. The van der Waals surface area contributed by atoms with Crippen molar-refractivity contribution in [3.63, 3.8) is 0 Å². The van der Waals surface area contributed by atoms with Gasteiger partial charge < -0.3 is 9.80 Å². The molecule has 0 saturated carbocycles. The van der Waals surface area contributed by atoms with Crippen LogP contribution in [-0.2, 0) is 4.79 Å². The van der Waals surface area contributed by atoms with Gasteiger partial charge in [0.15, 0.2) is 5.82 Å². The number of hydrogen-bond donors (Lipinski definition) is 0. The maximum absolute atomic E-state index is 13.2. The summed E-state index contributed by atoms with van der Waals surface area (Å²) in [6, 6.07) is 8.42. The molecule has 0 aliphatic carbocycles. The quantitative estimate of drug-likeness (QED) is 0.729. The molecular weight excluding hydrogens is 417 g/mol. The zero-order valence-electron chi connectivity index (χ0n) is 17.3. The van der Waals surface area contributed by atoms with E-state index in [4.69, 9.17) is 11.6 Å². The van der Waals surface area contributed by atoms with Crippen LogP contribution < -0.4 is 4.90 Å². The molecule has 31 heavy (non-hydrogen) atoms. The molecule has 2 atom stereocenters. The van der Waals surface area contributed by atoms with Gasteiger partial charge in [0.1, 0.15) is 0 Å². The van der Waals surface area contributed by atoms with Crippen LogP contribution in [0.4, 0.5) is 10.3 Å². The Morgan fingerprint density at radius 1 is 1.16 bits per heavy atom. The van der Waals surface area contributed by atoms with Crippen molar-refractivity contribution in [2.45, 2.75) is 31.3 Å². The van der Waals surface area contributed by atoms with E-state index in [-0.39, 0.29) is 18.0 Å². The van der Waals surface area contributed by atoms with E-state index >= 15 is 0 Å². The SMILES string of the molecule is O=C(CN1CC2CCC(C1)N2c1ncc(F)cn1)N1CC=C(c2cccc(Cl)c2)CC1. The van der Waals surface area contributed by atoms with E-state index in [0.29, 0.717) is 19.0 Å². The van der Waals surface area contributed by atoms with Crippen molar-refractivity contribution in [1.82, 2.24) is 19.8 Å². The summed E-state index contributed by atoms with van der Waals surface area (Å²) in [7, 11) is 0. The van der Waals surface area contributed by atoms with E-state index < -0.39 is 5.82 Å². The predicted octanol–water partition coefficient (Wildman–Crippen LogP) is 3.24. The zero-order chi connectivity index (χ0) is 21.4. The third kappa shape index (κ3) is 4.29. The molecule has 5 rings (SSSR count). The third-order valence-corrected chi connectivity index (χ3v) is 6.75. The fraction of sp³-hybridized carbons (Fsp3) is 0.435. The summed E-state index contributed by atoms with van der Waals surface area (Å²) in [5, 5.41) is 0.733. The van der Waals surface area contributed by atoms with Crippen LogP contribution in [0.5, 0.6) is 0 Å². The lowest BCUT2D eigenvalue weighted by Gasteiger charge is -2.41. The fourth-order valence-corrected chi connectivity index (χ4v) is 5.21. The Hall–Kier alpha value is -2.51. The van der Waals surface area contributed by atoms with Crippen LogP contribution in [0, 0.1) is 5.82 Å². The minimum absolute atomic E-state index is 0.173. The summed E-state index contributed by atoms with van der Waals surface area (Å²) in [5.41, 5.74) is 2.38. The Balaban J connectivity index is 1.18. The van der Waals surface area contributed by atoms with Gasteiger partial charge >= 0.3 is 0 Å². The number of likely N-dealkylation sites (tertiary alicyclic amines) is 1. The number of carbonyl (C=O) groups excluding carboxylic acids is 1. The Labute approximate surface area is 186 Å². The lowest BCUT2D eigenvalue weighted by molar-refractivity contribution is -0.132. The zero-order valence-corrected chi connectivity index (χ0v) is 18.0. The van der Waals surface area contributed by atoms with Gasteiger partial charge in [0.05, 0.1) is 18.9 Å². The van der Waals surface area contributed by atoms with Crippen molar-refractivity contribution in [2.24, 2.45) is 0 Å².